The summed E-state index contributed by atoms with van der Waals surface area (Å²) in [6, 6.07) is 10.8. The molecule has 0 heteroatoms. The summed E-state index contributed by atoms with van der Waals surface area (Å²) in [5.41, 5.74) is 3.11. The first kappa shape index (κ1) is 11.2. The van der Waals surface area contributed by atoms with E-state index in [1.54, 1.807) is 5.57 Å². The number of rotatable bonds is 5. The zero-order valence-corrected chi connectivity index (χ0v) is 9.86. The monoisotopic (exact) mass is 212 g/mol. The molecule has 2 rings (SSSR count). The van der Waals surface area contributed by atoms with Gasteiger partial charge in [0.1, 0.15) is 0 Å². The van der Waals surface area contributed by atoms with Crippen LogP contribution in [0.15, 0.2) is 54.1 Å². The lowest BCUT2D eigenvalue weighted by atomic mass is 9.98. The molecule has 1 aromatic carbocycles. The Bertz CT molecular complexity index is 357. The van der Waals surface area contributed by atoms with Gasteiger partial charge in [-0.1, -0.05) is 54.1 Å². The van der Waals surface area contributed by atoms with Crippen LogP contribution in [0.5, 0.6) is 0 Å². The van der Waals surface area contributed by atoms with Gasteiger partial charge in [-0.3, -0.25) is 0 Å². The molecule has 0 N–H and O–H groups in total. The maximum Gasteiger partial charge on any atom is -0.0279 e. The van der Waals surface area contributed by atoms with Crippen LogP contribution in [0.2, 0.25) is 0 Å². The summed E-state index contributed by atoms with van der Waals surface area (Å²) in [5, 5.41) is 0. The molecule has 1 aliphatic rings. The standard InChI is InChI=1S/C16H20/c1-3-9-15(10-4-1)13-7-8-14-16-11-5-2-6-12-16/h1-5,9-11H,6-8,12-14H2. The van der Waals surface area contributed by atoms with Crippen molar-refractivity contribution in [1.29, 1.82) is 0 Å². The maximum atomic E-state index is 2.30. The van der Waals surface area contributed by atoms with Crippen LogP contribution in [0.4, 0.5) is 0 Å². The zero-order valence-electron chi connectivity index (χ0n) is 9.86. The Labute approximate surface area is 98.7 Å². The van der Waals surface area contributed by atoms with Crippen LogP contribution in [0.25, 0.3) is 0 Å². The van der Waals surface area contributed by atoms with E-state index in [-0.39, 0.29) is 0 Å². The lowest BCUT2D eigenvalue weighted by Crippen LogP contribution is -1.90. The molecule has 0 nitrogen and oxygen atoms in total. The van der Waals surface area contributed by atoms with Crippen molar-refractivity contribution in [3.63, 3.8) is 0 Å². The Hall–Kier alpha value is -1.30. The van der Waals surface area contributed by atoms with Crippen molar-refractivity contribution in [2.75, 3.05) is 0 Å². The van der Waals surface area contributed by atoms with E-state index in [4.69, 9.17) is 0 Å². The lowest BCUT2D eigenvalue weighted by Gasteiger charge is -2.08. The average molecular weight is 212 g/mol. The van der Waals surface area contributed by atoms with Crippen molar-refractivity contribution in [2.45, 2.75) is 38.5 Å². The minimum atomic E-state index is 1.23. The van der Waals surface area contributed by atoms with Crippen LogP contribution in [0.3, 0.4) is 0 Å². The van der Waals surface area contributed by atoms with Crippen LogP contribution in [0.1, 0.15) is 37.7 Å². The van der Waals surface area contributed by atoms with Crippen LogP contribution >= 0.6 is 0 Å². The molecule has 0 aliphatic heterocycles. The molecule has 1 aliphatic carbocycles. The van der Waals surface area contributed by atoms with Gasteiger partial charge in [0.05, 0.1) is 0 Å². The van der Waals surface area contributed by atoms with Gasteiger partial charge in [-0.2, -0.15) is 0 Å². The van der Waals surface area contributed by atoms with E-state index in [9.17, 15) is 0 Å². The molecule has 0 aromatic heterocycles. The van der Waals surface area contributed by atoms with Gasteiger partial charge in [0.25, 0.3) is 0 Å². The van der Waals surface area contributed by atoms with Gasteiger partial charge in [0.15, 0.2) is 0 Å². The number of hydrogen-bond donors (Lipinski definition) is 0. The largest absolute Gasteiger partial charge is 0.0842 e. The minimum absolute atomic E-state index is 1.23. The van der Waals surface area contributed by atoms with Gasteiger partial charge in [0.2, 0.25) is 0 Å². The summed E-state index contributed by atoms with van der Waals surface area (Å²) in [6.45, 7) is 0. The van der Waals surface area contributed by atoms with E-state index in [0.29, 0.717) is 0 Å². The van der Waals surface area contributed by atoms with E-state index < -0.39 is 0 Å². The highest BCUT2D eigenvalue weighted by Gasteiger charge is 1.99. The topological polar surface area (TPSA) is 0 Å². The molecule has 0 bridgehead atoms. The highest BCUT2D eigenvalue weighted by atomic mass is 14.1. The second-order valence-electron chi connectivity index (χ2n) is 4.48. The molecule has 0 heterocycles. The summed E-state index contributed by atoms with van der Waals surface area (Å²) in [7, 11) is 0. The molecular formula is C16H20. The molecule has 0 radical (unpaired) electrons. The zero-order chi connectivity index (χ0) is 11.1. The van der Waals surface area contributed by atoms with Crippen LogP contribution in [-0.4, -0.2) is 0 Å². The average Bonchev–Trinajstić information content (AvgIpc) is 2.37. The molecule has 0 saturated heterocycles. The Morgan fingerprint density at radius 1 is 0.938 bits per heavy atom. The fourth-order valence-electron chi connectivity index (χ4n) is 2.19. The Morgan fingerprint density at radius 2 is 1.75 bits per heavy atom. The fourth-order valence-corrected chi connectivity index (χ4v) is 2.19. The Kier molecular flexibility index (Phi) is 4.42. The number of hydrogen-bond acceptors (Lipinski definition) is 0. The molecule has 0 unspecified atom stereocenters. The van der Waals surface area contributed by atoms with Crippen LogP contribution < -0.4 is 0 Å². The third-order valence-electron chi connectivity index (χ3n) is 3.16. The van der Waals surface area contributed by atoms with Crippen molar-refractivity contribution in [3.8, 4) is 0 Å². The van der Waals surface area contributed by atoms with Crippen LogP contribution in [-0.2, 0) is 6.42 Å². The second-order valence-corrected chi connectivity index (χ2v) is 4.48. The molecule has 0 spiro atoms. The summed E-state index contributed by atoms with van der Waals surface area (Å²) < 4.78 is 0. The predicted molar refractivity (Wildman–Crippen MR) is 70.5 cm³/mol. The van der Waals surface area contributed by atoms with Crippen molar-refractivity contribution in [3.05, 3.63) is 59.7 Å². The summed E-state index contributed by atoms with van der Waals surface area (Å²) in [6.07, 6.45) is 14.4. The third-order valence-corrected chi connectivity index (χ3v) is 3.16. The van der Waals surface area contributed by atoms with Crippen molar-refractivity contribution >= 4 is 0 Å². The first-order chi connectivity index (χ1) is 7.95. The fraction of sp³-hybridized carbons (Fsp3) is 0.375. The van der Waals surface area contributed by atoms with Gasteiger partial charge in [-0.15, -0.1) is 0 Å². The molecule has 0 atom stereocenters. The van der Waals surface area contributed by atoms with Gasteiger partial charge in [-0.25, -0.2) is 0 Å². The third kappa shape index (κ3) is 3.69. The Balaban J connectivity index is 1.65. The van der Waals surface area contributed by atoms with Crippen molar-refractivity contribution in [1.82, 2.24) is 0 Å². The lowest BCUT2D eigenvalue weighted by molar-refractivity contribution is 0.707. The molecule has 0 fully saturated rings. The maximum absolute atomic E-state index is 2.30. The highest BCUT2D eigenvalue weighted by molar-refractivity contribution is 5.18. The number of unbranched alkanes of at least 4 members (excludes halogenated alkanes) is 1. The summed E-state index contributed by atoms with van der Waals surface area (Å²) in [4.78, 5) is 0. The minimum Gasteiger partial charge on any atom is -0.0842 e. The number of benzene rings is 1. The van der Waals surface area contributed by atoms with Gasteiger partial charge >= 0.3 is 0 Å². The van der Waals surface area contributed by atoms with E-state index in [1.165, 1.54) is 44.1 Å². The highest BCUT2D eigenvalue weighted by Crippen LogP contribution is 2.18. The molecule has 84 valence electrons. The van der Waals surface area contributed by atoms with Crippen molar-refractivity contribution in [2.24, 2.45) is 0 Å². The number of aryl methyl sites for hydroxylation is 1. The van der Waals surface area contributed by atoms with E-state index in [2.05, 4.69) is 48.6 Å². The van der Waals surface area contributed by atoms with Gasteiger partial charge < -0.3 is 0 Å². The first-order valence-electron chi connectivity index (χ1n) is 6.33. The molecule has 0 amide bonds. The van der Waals surface area contributed by atoms with E-state index >= 15 is 0 Å². The molecule has 0 saturated carbocycles. The van der Waals surface area contributed by atoms with Crippen LogP contribution in [0, 0.1) is 0 Å². The van der Waals surface area contributed by atoms with E-state index in [1.807, 2.05) is 0 Å². The molecule has 1 aromatic rings. The van der Waals surface area contributed by atoms with E-state index in [0.717, 1.165) is 0 Å². The number of allylic oxidation sites excluding steroid dienone is 4. The summed E-state index contributed by atoms with van der Waals surface area (Å²) in [5.74, 6) is 0. The smallest absolute Gasteiger partial charge is 0.0279 e. The predicted octanol–water partition coefficient (Wildman–Crippen LogP) is 4.68. The first-order valence-corrected chi connectivity index (χ1v) is 6.33. The quantitative estimate of drug-likeness (QED) is 0.622. The van der Waals surface area contributed by atoms with Crippen molar-refractivity contribution < 1.29 is 0 Å². The molecular weight excluding hydrogens is 192 g/mol. The van der Waals surface area contributed by atoms with Gasteiger partial charge in [-0.05, 0) is 44.1 Å². The Morgan fingerprint density at radius 3 is 2.50 bits per heavy atom. The molecule has 16 heavy (non-hydrogen) atoms. The normalized spacial score (nSPS) is 14.9. The summed E-state index contributed by atoms with van der Waals surface area (Å²) >= 11 is 0. The van der Waals surface area contributed by atoms with Gasteiger partial charge in [0, 0.05) is 0 Å². The SMILES string of the molecule is C1=CCCC(CCCCc2ccccc2)=C1. The second kappa shape index (κ2) is 6.32.